The summed E-state index contributed by atoms with van der Waals surface area (Å²) in [7, 11) is 0. The molecule has 0 aromatic rings. The second-order valence-electron chi connectivity index (χ2n) is 3.18. The van der Waals surface area contributed by atoms with Gasteiger partial charge < -0.3 is 4.79 Å². The van der Waals surface area contributed by atoms with E-state index in [1.54, 1.807) is 0 Å². The molecule has 0 aliphatic heterocycles. The van der Waals surface area contributed by atoms with Gasteiger partial charge in [0, 0.05) is 5.92 Å². The Balaban J connectivity index is 2.56. The highest BCUT2D eigenvalue weighted by Crippen LogP contribution is 2.27. The third-order valence-electron chi connectivity index (χ3n) is 2.18. The third-order valence-corrected chi connectivity index (χ3v) is 2.18. The van der Waals surface area contributed by atoms with Crippen molar-refractivity contribution in [3.63, 3.8) is 0 Å². The quantitative estimate of drug-likeness (QED) is 0.422. The van der Waals surface area contributed by atoms with Crippen molar-refractivity contribution in [2.45, 2.75) is 26.7 Å². The largest absolute Gasteiger partial charge is 0.303 e. The molecule has 0 radical (unpaired) electrons. The molecule has 0 N–H and O–H groups in total. The Morgan fingerprint density at radius 2 is 2.50 bits per heavy atom. The monoisotopic (exact) mass is 138 g/mol. The normalized spacial score (nSPS) is 27.8. The first-order valence-electron chi connectivity index (χ1n) is 3.90. The number of allylic oxidation sites excluding steroid dienone is 2. The van der Waals surface area contributed by atoms with E-state index in [0.717, 1.165) is 12.7 Å². The highest BCUT2D eigenvalue weighted by atomic mass is 16.1. The molecule has 1 aliphatic carbocycles. The van der Waals surface area contributed by atoms with Gasteiger partial charge in [0.2, 0.25) is 0 Å². The van der Waals surface area contributed by atoms with Gasteiger partial charge in [-0.25, -0.2) is 0 Å². The van der Waals surface area contributed by atoms with Crippen LogP contribution in [0.4, 0.5) is 0 Å². The molecule has 0 bridgehead atoms. The topological polar surface area (TPSA) is 17.1 Å². The van der Waals surface area contributed by atoms with Crippen LogP contribution in [0.15, 0.2) is 11.6 Å². The lowest BCUT2D eigenvalue weighted by Gasteiger charge is -2.01. The molecule has 0 aromatic heterocycles. The van der Waals surface area contributed by atoms with Crippen molar-refractivity contribution in [1.82, 2.24) is 0 Å². The summed E-state index contributed by atoms with van der Waals surface area (Å²) in [6.07, 6.45) is 5.62. The smallest absolute Gasteiger partial charge is 0.126 e. The van der Waals surface area contributed by atoms with Gasteiger partial charge in [-0.1, -0.05) is 25.5 Å². The van der Waals surface area contributed by atoms with Crippen LogP contribution >= 0.6 is 0 Å². The molecule has 2 atom stereocenters. The third kappa shape index (κ3) is 1.47. The van der Waals surface area contributed by atoms with E-state index in [2.05, 4.69) is 13.0 Å². The fourth-order valence-electron chi connectivity index (χ4n) is 1.39. The van der Waals surface area contributed by atoms with Crippen LogP contribution < -0.4 is 0 Å². The van der Waals surface area contributed by atoms with E-state index in [-0.39, 0.29) is 5.92 Å². The average Bonchev–Trinajstić information content (AvgIpc) is 2.34. The first-order valence-corrected chi connectivity index (χ1v) is 3.90. The number of rotatable bonds is 2. The predicted octanol–water partition coefficient (Wildman–Crippen LogP) is 2.18. The zero-order valence-corrected chi connectivity index (χ0v) is 6.63. The van der Waals surface area contributed by atoms with Gasteiger partial charge in [-0.05, 0) is 18.8 Å². The zero-order chi connectivity index (χ0) is 7.56. The van der Waals surface area contributed by atoms with E-state index in [1.807, 2.05) is 6.92 Å². The van der Waals surface area contributed by atoms with Gasteiger partial charge in [-0.15, -0.1) is 0 Å². The van der Waals surface area contributed by atoms with Crippen LogP contribution in [-0.2, 0) is 4.79 Å². The lowest BCUT2D eigenvalue weighted by atomic mass is 10.0. The number of hydrogen-bond donors (Lipinski definition) is 0. The molecular formula is C9H14O. The number of hydrogen-bond acceptors (Lipinski definition) is 1. The molecule has 1 nitrogen and oxygen atoms in total. The van der Waals surface area contributed by atoms with Crippen molar-refractivity contribution in [1.29, 1.82) is 0 Å². The van der Waals surface area contributed by atoms with Crippen LogP contribution in [0.25, 0.3) is 0 Å². The Morgan fingerprint density at radius 3 is 2.90 bits per heavy atom. The maximum absolute atomic E-state index is 10.4. The van der Waals surface area contributed by atoms with Gasteiger partial charge >= 0.3 is 0 Å². The van der Waals surface area contributed by atoms with Crippen molar-refractivity contribution in [3.05, 3.63) is 11.6 Å². The van der Waals surface area contributed by atoms with E-state index in [4.69, 9.17) is 0 Å². The Bertz CT molecular complexity index is 158. The molecule has 0 amide bonds. The molecule has 0 saturated carbocycles. The van der Waals surface area contributed by atoms with E-state index in [1.165, 1.54) is 12.0 Å². The number of aldehydes is 1. The molecule has 0 fully saturated rings. The van der Waals surface area contributed by atoms with Gasteiger partial charge in [0.05, 0.1) is 0 Å². The molecular weight excluding hydrogens is 124 g/mol. The summed E-state index contributed by atoms with van der Waals surface area (Å²) in [5.74, 6) is 0.849. The van der Waals surface area contributed by atoms with E-state index in [0.29, 0.717) is 5.92 Å². The Kier molecular flexibility index (Phi) is 2.25. The molecule has 1 aliphatic rings. The standard InChI is InChI=1S/C9H14O/c1-7-3-4-9(5-7)8(2)6-10/h5-8H,3-4H2,1-2H3. The van der Waals surface area contributed by atoms with Crippen molar-refractivity contribution in [2.75, 3.05) is 0 Å². The Morgan fingerprint density at radius 1 is 1.80 bits per heavy atom. The minimum atomic E-state index is 0.157. The molecule has 1 heteroatoms. The lowest BCUT2D eigenvalue weighted by Crippen LogP contribution is -1.97. The molecule has 10 heavy (non-hydrogen) atoms. The van der Waals surface area contributed by atoms with Crippen LogP contribution in [0.1, 0.15) is 26.7 Å². The minimum Gasteiger partial charge on any atom is -0.303 e. The fourth-order valence-corrected chi connectivity index (χ4v) is 1.39. The molecule has 0 heterocycles. The second kappa shape index (κ2) is 3.00. The Hall–Kier alpha value is -0.590. The number of carbonyl (C=O) groups excluding carboxylic acids is 1. The maximum atomic E-state index is 10.4. The van der Waals surface area contributed by atoms with Crippen LogP contribution in [0, 0.1) is 11.8 Å². The van der Waals surface area contributed by atoms with Crippen molar-refractivity contribution >= 4 is 6.29 Å². The maximum Gasteiger partial charge on any atom is 0.126 e. The molecule has 1 rings (SSSR count). The molecule has 2 unspecified atom stereocenters. The predicted molar refractivity (Wildman–Crippen MR) is 41.7 cm³/mol. The summed E-state index contributed by atoms with van der Waals surface area (Å²) in [5.41, 5.74) is 1.34. The fraction of sp³-hybridized carbons (Fsp3) is 0.667. The lowest BCUT2D eigenvalue weighted by molar-refractivity contribution is -0.109. The van der Waals surface area contributed by atoms with Gasteiger partial charge in [0.1, 0.15) is 6.29 Å². The van der Waals surface area contributed by atoms with Crippen molar-refractivity contribution < 1.29 is 4.79 Å². The molecule has 0 saturated heterocycles. The van der Waals surface area contributed by atoms with E-state index >= 15 is 0 Å². The van der Waals surface area contributed by atoms with Crippen LogP contribution in [0.5, 0.6) is 0 Å². The zero-order valence-electron chi connectivity index (χ0n) is 6.63. The van der Waals surface area contributed by atoms with Gasteiger partial charge in [0.15, 0.2) is 0 Å². The molecule has 0 aromatic carbocycles. The summed E-state index contributed by atoms with van der Waals surface area (Å²) in [5, 5.41) is 0. The number of carbonyl (C=O) groups is 1. The van der Waals surface area contributed by atoms with Crippen LogP contribution in [0.3, 0.4) is 0 Å². The Labute approximate surface area is 62.1 Å². The van der Waals surface area contributed by atoms with Crippen LogP contribution in [-0.4, -0.2) is 6.29 Å². The molecule has 56 valence electrons. The summed E-state index contributed by atoms with van der Waals surface area (Å²) in [4.78, 5) is 10.4. The summed E-state index contributed by atoms with van der Waals surface area (Å²) in [6.45, 7) is 4.17. The van der Waals surface area contributed by atoms with E-state index < -0.39 is 0 Å². The first-order chi connectivity index (χ1) is 4.74. The first kappa shape index (κ1) is 7.52. The minimum absolute atomic E-state index is 0.157. The van der Waals surface area contributed by atoms with Gasteiger partial charge in [0.25, 0.3) is 0 Å². The molecule has 0 spiro atoms. The van der Waals surface area contributed by atoms with Crippen LogP contribution in [0.2, 0.25) is 0 Å². The summed E-state index contributed by atoms with van der Waals surface area (Å²) < 4.78 is 0. The highest BCUT2D eigenvalue weighted by molar-refractivity contribution is 5.58. The average molecular weight is 138 g/mol. The van der Waals surface area contributed by atoms with Gasteiger partial charge in [-0.3, -0.25) is 0 Å². The summed E-state index contributed by atoms with van der Waals surface area (Å²) >= 11 is 0. The van der Waals surface area contributed by atoms with Crippen molar-refractivity contribution in [2.24, 2.45) is 11.8 Å². The van der Waals surface area contributed by atoms with Gasteiger partial charge in [-0.2, -0.15) is 0 Å². The second-order valence-corrected chi connectivity index (χ2v) is 3.18. The summed E-state index contributed by atoms with van der Waals surface area (Å²) in [6, 6.07) is 0. The van der Waals surface area contributed by atoms with Crippen molar-refractivity contribution in [3.8, 4) is 0 Å². The SMILES string of the molecule is CC1C=C(C(C)C=O)CC1. The van der Waals surface area contributed by atoms with E-state index in [9.17, 15) is 4.79 Å². The highest BCUT2D eigenvalue weighted by Gasteiger charge is 2.15.